The van der Waals surface area contributed by atoms with E-state index in [0.717, 1.165) is 0 Å². The number of hydrogen-bond acceptors (Lipinski definition) is 7. The number of nitrogens with zero attached hydrogens (tertiary/aromatic N) is 4. The zero-order valence-electron chi connectivity index (χ0n) is 12.8. The summed E-state index contributed by atoms with van der Waals surface area (Å²) in [6, 6.07) is 4.34. The molecule has 0 spiro atoms. The summed E-state index contributed by atoms with van der Waals surface area (Å²) < 4.78 is 13.3. The predicted octanol–water partition coefficient (Wildman–Crippen LogP) is 2.71. The van der Waals surface area contributed by atoms with E-state index in [0.29, 0.717) is 35.0 Å². The van der Waals surface area contributed by atoms with Crippen molar-refractivity contribution in [2.45, 2.75) is 13.0 Å². The van der Waals surface area contributed by atoms with Crippen LogP contribution in [-0.2, 0) is 0 Å². The fraction of sp³-hybridized carbons (Fsp3) is 0.200. The number of aromatic nitrogens is 4. The molecule has 1 atom stereocenters. The molecule has 3 aromatic rings. The molecule has 0 radical (unpaired) electrons. The Labute approximate surface area is 142 Å². The highest BCUT2D eigenvalue weighted by atomic mass is 35.5. The van der Waals surface area contributed by atoms with E-state index in [1.165, 1.54) is 18.5 Å². The van der Waals surface area contributed by atoms with Crippen molar-refractivity contribution in [3.8, 4) is 0 Å². The summed E-state index contributed by atoms with van der Waals surface area (Å²) in [7, 11) is 0. The predicted molar refractivity (Wildman–Crippen MR) is 92.0 cm³/mol. The molecule has 0 aliphatic rings. The van der Waals surface area contributed by atoms with Crippen LogP contribution in [0.1, 0.15) is 6.92 Å². The molecule has 9 heteroatoms. The van der Waals surface area contributed by atoms with Crippen molar-refractivity contribution in [3.05, 3.63) is 41.6 Å². The van der Waals surface area contributed by atoms with Crippen LogP contribution < -0.4 is 16.4 Å². The van der Waals surface area contributed by atoms with Crippen molar-refractivity contribution in [2.75, 3.05) is 17.2 Å². The number of nitrogens with one attached hydrogen (secondary N) is 2. The first-order chi connectivity index (χ1) is 11.6. The van der Waals surface area contributed by atoms with Gasteiger partial charge in [-0.15, -0.1) is 0 Å². The Morgan fingerprint density at radius 3 is 2.88 bits per heavy atom. The topological polar surface area (TPSA) is 102 Å². The minimum Gasteiger partial charge on any atom is -0.350 e. The van der Waals surface area contributed by atoms with Crippen LogP contribution in [0.5, 0.6) is 0 Å². The monoisotopic (exact) mass is 347 g/mol. The molecule has 4 N–H and O–H groups in total. The highest BCUT2D eigenvalue weighted by Crippen LogP contribution is 2.25. The van der Waals surface area contributed by atoms with Gasteiger partial charge in [0.1, 0.15) is 23.2 Å². The second kappa shape index (κ2) is 6.90. The summed E-state index contributed by atoms with van der Waals surface area (Å²) in [6.45, 7) is 2.38. The lowest BCUT2D eigenvalue weighted by Crippen LogP contribution is -2.26. The SMILES string of the molecule is CC(CN)Nc1ncc2ncnc(Nc3ccc(F)c(Cl)c3)c2n1. The number of fused-ring (bicyclic) bond motifs is 1. The Bertz CT molecular complexity index is 874. The summed E-state index contributed by atoms with van der Waals surface area (Å²) in [4.78, 5) is 17.0. The van der Waals surface area contributed by atoms with Gasteiger partial charge in [0.15, 0.2) is 5.82 Å². The maximum Gasteiger partial charge on any atom is 0.223 e. The van der Waals surface area contributed by atoms with Crippen molar-refractivity contribution in [3.63, 3.8) is 0 Å². The van der Waals surface area contributed by atoms with Gasteiger partial charge in [-0.25, -0.2) is 24.3 Å². The van der Waals surface area contributed by atoms with Gasteiger partial charge in [-0.05, 0) is 25.1 Å². The van der Waals surface area contributed by atoms with Crippen LogP contribution in [0.2, 0.25) is 5.02 Å². The maximum atomic E-state index is 13.3. The highest BCUT2D eigenvalue weighted by Gasteiger charge is 2.10. The van der Waals surface area contributed by atoms with Gasteiger partial charge >= 0.3 is 0 Å². The summed E-state index contributed by atoms with van der Waals surface area (Å²) in [5.74, 6) is 0.406. The molecule has 0 saturated heterocycles. The highest BCUT2D eigenvalue weighted by molar-refractivity contribution is 6.31. The van der Waals surface area contributed by atoms with Gasteiger partial charge in [0.05, 0.1) is 11.2 Å². The first-order valence-electron chi connectivity index (χ1n) is 7.23. The maximum absolute atomic E-state index is 13.3. The van der Waals surface area contributed by atoms with Gasteiger partial charge in [0.2, 0.25) is 5.95 Å². The van der Waals surface area contributed by atoms with Crippen molar-refractivity contribution in [2.24, 2.45) is 5.73 Å². The minimum absolute atomic E-state index is 0.0205. The average Bonchev–Trinajstić information content (AvgIpc) is 2.58. The Morgan fingerprint density at radius 2 is 2.12 bits per heavy atom. The summed E-state index contributed by atoms with van der Waals surface area (Å²) in [5, 5.41) is 6.18. The van der Waals surface area contributed by atoms with E-state index < -0.39 is 5.82 Å². The Balaban J connectivity index is 1.97. The van der Waals surface area contributed by atoms with Crippen LogP contribution in [0, 0.1) is 5.82 Å². The van der Waals surface area contributed by atoms with Gasteiger partial charge in [-0.1, -0.05) is 11.6 Å². The molecular formula is C15H15ClFN7. The molecule has 1 unspecified atom stereocenters. The fourth-order valence-electron chi connectivity index (χ4n) is 2.01. The molecule has 0 bridgehead atoms. The van der Waals surface area contributed by atoms with E-state index in [9.17, 15) is 4.39 Å². The van der Waals surface area contributed by atoms with Crippen molar-refractivity contribution in [1.29, 1.82) is 0 Å². The standard InChI is InChI=1S/C15H15ClFN7/c1-8(5-18)22-15-19-6-12-13(24-15)14(21-7-20-12)23-9-2-3-11(17)10(16)4-9/h2-4,6-8H,5,18H2,1H3,(H,19,22,24)(H,20,21,23). The molecule has 0 aliphatic carbocycles. The van der Waals surface area contributed by atoms with Crippen molar-refractivity contribution >= 4 is 40.1 Å². The number of rotatable bonds is 5. The van der Waals surface area contributed by atoms with Crippen molar-refractivity contribution < 1.29 is 4.39 Å². The molecule has 124 valence electrons. The van der Waals surface area contributed by atoms with E-state index in [4.69, 9.17) is 17.3 Å². The second-order valence-corrected chi connectivity index (χ2v) is 5.59. The fourth-order valence-corrected chi connectivity index (χ4v) is 2.19. The molecular weight excluding hydrogens is 333 g/mol. The van der Waals surface area contributed by atoms with Crippen LogP contribution in [0.4, 0.5) is 21.8 Å². The normalized spacial score (nSPS) is 12.2. The zero-order chi connectivity index (χ0) is 17.1. The second-order valence-electron chi connectivity index (χ2n) is 5.18. The van der Waals surface area contributed by atoms with E-state index in [1.54, 1.807) is 12.3 Å². The molecule has 1 aromatic carbocycles. The Kier molecular flexibility index (Phi) is 4.68. The lowest BCUT2D eigenvalue weighted by atomic mass is 10.3. The summed E-state index contributed by atoms with van der Waals surface area (Å²) >= 11 is 5.80. The third-order valence-corrected chi connectivity index (χ3v) is 3.58. The van der Waals surface area contributed by atoms with E-state index in [1.807, 2.05) is 6.92 Å². The lowest BCUT2D eigenvalue weighted by Gasteiger charge is -2.12. The smallest absolute Gasteiger partial charge is 0.223 e. The van der Waals surface area contributed by atoms with Gasteiger partial charge < -0.3 is 16.4 Å². The first kappa shape index (κ1) is 16.3. The number of hydrogen-bond donors (Lipinski definition) is 3. The van der Waals surface area contributed by atoms with E-state index >= 15 is 0 Å². The largest absolute Gasteiger partial charge is 0.350 e. The Morgan fingerprint density at radius 1 is 1.29 bits per heavy atom. The van der Waals surface area contributed by atoms with E-state index in [-0.39, 0.29) is 11.1 Å². The quantitative estimate of drug-likeness (QED) is 0.652. The number of nitrogens with two attached hydrogens (primary N) is 1. The molecule has 0 saturated carbocycles. The van der Waals surface area contributed by atoms with Gasteiger partial charge in [0, 0.05) is 18.3 Å². The Hall–Kier alpha value is -2.58. The zero-order valence-corrected chi connectivity index (χ0v) is 13.5. The van der Waals surface area contributed by atoms with Crippen LogP contribution in [0.25, 0.3) is 11.0 Å². The molecule has 0 fully saturated rings. The molecule has 0 amide bonds. The third-order valence-electron chi connectivity index (χ3n) is 3.29. The van der Waals surface area contributed by atoms with E-state index in [2.05, 4.69) is 30.6 Å². The molecule has 0 aliphatic heterocycles. The minimum atomic E-state index is -0.487. The van der Waals surface area contributed by atoms with Gasteiger partial charge in [-0.2, -0.15) is 0 Å². The molecule has 24 heavy (non-hydrogen) atoms. The number of benzene rings is 1. The lowest BCUT2D eigenvalue weighted by molar-refractivity contribution is 0.628. The summed E-state index contributed by atoms with van der Waals surface area (Å²) in [6.07, 6.45) is 2.99. The number of anilines is 3. The van der Waals surface area contributed by atoms with Gasteiger partial charge in [0.25, 0.3) is 0 Å². The van der Waals surface area contributed by atoms with Crippen LogP contribution >= 0.6 is 11.6 Å². The van der Waals surface area contributed by atoms with Crippen LogP contribution in [0.15, 0.2) is 30.7 Å². The van der Waals surface area contributed by atoms with Crippen LogP contribution in [0.3, 0.4) is 0 Å². The molecule has 2 heterocycles. The third kappa shape index (κ3) is 3.50. The van der Waals surface area contributed by atoms with Gasteiger partial charge in [-0.3, -0.25) is 0 Å². The van der Waals surface area contributed by atoms with Crippen LogP contribution in [-0.4, -0.2) is 32.5 Å². The van der Waals surface area contributed by atoms with Crippen molar-refractivity contribution in [1.82, 2.24) is 19.9 Å². The molecule has 3 rings (SSSR count). The first-order valence-corrected chi connectivity index (χ1v) is 7.61. The summed E-state index contributed by atoms with van der Waals surface area (Å²) in [5.41, 5.74) is 7.28. The molecule has 2 aromatic heterocycles. The molecule has 7 nitrogen and oxygen atoms in total. The average molecular weight is 348 g/mol. The number of halogens is 2.